The number of hydrogen-bond donors (Lipinski definition) is 1. The molecule has 1 atom stereocenters. The van der Waals surface area contributed by atoms with E-state index < -0.39 is 6.10 Å². The highest BCUT2D eigenvalue weighted by Gasteiger charge is 2.16. The molecule has 0 unspecified atom stereocenters. The molecular formula is C35H66O5. The number of aliphatic hydroxyl groups is 1. The van der Waals surface area contributed by atoms with Crippen LogP contribution < -0.4 is 0 Å². The lowest BCUT2D eigenvalue weighted by molar-refractivity contribution is -0.161. The molecule has 5 heteroatoms. The van der Waals surface area contributed by atoms with Gasteiger partial charge in [-0.2, -0.15) is 0 Å². The van der Waals surface area contributed by atoms with Crippen molar-refractivity contribution in [2.24, 2.45) is 0 Å². The van der Waals surface area contributed by atoms with E-state index in [1.54, 1.807) is 0 Å². The summed E-state index contributed by atoms with van der Waals surface area (Å²) < 4.78 is 10.5. The van der Waals surface area contributed by atoms with Crippen LogP contribution in [-0.2, 0) is 19.1 Å². The Hall–Kier alpha value is -1.36. The summed E-state index contributed by atoms with van der Waals surface area (Å²) in [6.45, 7) is 4.11. The van der Waals surface area contributed by atoms with Crippen LogP contribution in [0.4, 0.5) is 0 Å². The highest BCUT2D eigenvalue weighted by atomic mass is 16.6. The van der Waals surface area contributed by atoms with Crippen LogP contribution in [0.2, 0.25) is 0 Å². The van der Waals surface area contributed by atoms with Crippen molar-refractivity contribution in [3.63, 3.8) is 0 Å². The third kappa shape index (κ3) is 29.6. The molecule has 5 nitrogen and oxygen atoms in total. The largest absolute Gasteiger partial charge is 0.462 e. The molecule has 0 aliphatic rings. The summed E-state index contributed by atoms with van der Waals surface area (Å²) >= 11 is 0. The van der Waals surface area contributed by atoms with E-state index in [9.17, 15) is 14.7 Å². The quantitative estimate of drug-likeness (QED) is 0.0513. The molecule has 0 saturated heterocycles. The minimum atomic E-state index is -0.764. The van der Waals surface area contributed by atoms with Gasteiger partial charge in [0.15, 0.2) is 6.10 Å². The second-order valence-corrected chi connectivity index (χ2v) is 11.6. The lowest BCUT2D eigenvalue weighted by Gasteiger charge is -2.15. The summed E-state index contributed by atoms with van der Waals surface area (Å²) in [7, 11) is 0. The van der Waals surface area contributed by atoms with Crippen molar-refractivity contribution in [2.75, 3.05) is 13.2 Å². The van der Waals surface area contributed by atoms with Gasteiger partial charge in [0.25, 0.3) is 0 Å². The van der Waals surface area contributed by atoms with Crippen molar-refractivity contribution >= 4 is 11.9 Å². The Kier molecular flexibility index (Phi) is 31.1. The smallest absolute Gasteiger partial charge is 0.306 e. The highest BCUT2D eigenvalue weighted by Crippen LogP contribution is 2.13. The van der Waals surface area contributed by atoms with Crippen LogP contribution in [0.3, 0.4) is 0 Å². The molecule has 0 aromatic rings. The first-order chi connectivity index (χ1) is 19.6. The predicted molar refractivity (Wildman–Crippen MR) is 168 cm³/mol. The van der Waals surface area contributed by atoms with E-state index in [-0.39, 0.29) is 25.2 Å². The van der Waals surface area contributed by atoms with Gasteiger partial charge in [0.2, 0.25) is 0 Å². The van der Waals surface area contributed by atoms with E-state index in [2.05, 4.69) is 26.0 Å². The maximum Gasteiger partial charge on any atom is 0.306 e. The van der Waals surface area contributed by atoms with Crippen LogP contribution >= 0.6 is 0 Å². The molecule has 0 aromatic heterocycles. The van der Waals surface area contributed by atoms with Crippen LogP contribution in [0, 0.1) is 0 Å². The maximum absolute atomic E-state index is 12.1. The van der Waals surface area contributed by atoms with Gasteiger partial charge in [-0.3, -0.25) is 9.59 Å². The lowest BCUT2D eigenvalue weighted by atomic mass is 10.1. The van der Waals surface area contributed by atoms with E-state index in [1.165, 1.54) is 116 Å². The number of esters is 2. The van der Waals surface area contributed by atoms with Crippen LogP contribution in [0.1, 0.15) is 181 Å². The van der Waals surface area contributed by atoms with E-state index in [1.807, 2.05) is 0 Å². The zero-order chi connectivity index (χ0) is 29.4. The second kappa shape index (κ2) is 32.2. The summed E-state index contributed by atoms with van der Waals surface area (Å²) in [5.74, 6) is -0.592. The third-order valence-electron chi connectivity index (χ3n) is 7.56. The van der Waals surface area contributed by atoms with Gasteiger partial charge in [0.05, 0.1) is 6.61 Å². The number of carbonyl (C=O) groups is 2. The van der Waals surface area contributed by atoms with Crippen LogP contribution in [-0.4, -0.2) is 36.4 Å². The molecule has 0 bridgehead atoms. The maximum atomic E-state index is 12.1. The average molecular weight is 567 g/mol. The number of unbranched alkanes of at least 4 members (excludes halogenated alkanes) is 21. The first kappa shape index (κ1) is 38.6. The SMILES string of the molecule is CCCCCC/C=C/CCCCCCCCCC(=O)OC[C@H](CO)OC(=O)CCCCCCCCCCCCC. The molecule has 0 radical (unpaired) electrons. The first-order valence-corrected chi connectivity index (χ1v) is 17.2. The Balaban J connectivity index is 3.55. The van der Waals surface area contributed by atoms with Gasteiger partial charge in [-0.15, -0.1) is 0 Å². The van der Waals surface area contributed by atoms with Crippen LogP contribution in [0.5, 0.6) is 0 Å². The molecule has 0 spiro atoms. The summed E-state index contributed by atoms with van der Waals surface area (Å²) in [4.78, 5) is 24.1. The summed E-state index contributed by atoms with van der Waals surface area (Å²) in [5.41, 5.74) is 0. The molecule has 236 valence electrons. The Morgan fingerprint density at radius 1 is 0.550 bits per heavy atom. The van der Waals surface area contributed by atoms with Gasteiger partial charge in [-0.25, -0.2) is 0 Å². The van der Waals surface area contributed by atoms with Crippen molar-refractivity contribution in [1.29, 1.82) is 0 Å². The molecule has 0 aliphatic heterocycles. The number of ether oxygens (including phenoxy) is 2. The normalized spacial score (nSPS) is 12.2. The van der Waals surface area contributed by atoms with Crippen molar-refractivity contribution in [3.8, 4) is 0 Å². The van der Waals surface area contributed by atoms with Crippen molar-refractivity contribution < 1.29 is 24.2 Å². The summed E-state index contributed by atoms with van der Waals surface area (Å²) in [5, 5.41) is 9.49. The fourth-order valence-corrected chi connectivity index (χ4v) is 4.90. The van der Waals surface area contributed by atoms with E-state index >= 15 is 0 Å². The molecule has 0 aliphatic carbocycles. The van der Waals surface area contributed by atoms with E-state index in [4.69, 9.17) is 9.47 Å². The summed E-state index contributed by atoms with van der Waals surface area (Å²) in [6.07, 6.45) is 34.0. The van der Waals surface area contributed by atoms with E-state index in [0.717, 1.165) is 38.5 Å². The Bertz CT molecular complexity index is 574. The molecule has 1 N–H and O–H groups in total. The number of allylic oxidation sites excluding steroid dienone is 2. The Morgan fingerprint density at radius 2 is 0.925 bits per heavy atom. The van der Waals surface area contributed by atoms with Crippen molar-refractivity contribution in [1.82, 2.24) is 0 Å². The van der Waals surface area contributed by atoms with Crippen molar-refractivity contribution in [2.45, 2.75) is 187 Å². The molecule has 0 saturated carbocycles. The zero-order valence-corrected chi connectivity index (χ0v) is 26.6. The molecule has 0 aromatic carbocycles. The summed E-state index contributed by atoms with van der Waals surface area (Å²) in [6, 6.07) is 0. The van der Waals surface area contributed by atoms with Gasteiger partial charge < -0.3 is 14.6 Å². The third-order valence-corrected chi connectivity index (χ3v) is 7.56. The monoisotopic (exact) mass is 566 g/mol. The number of carbonyl (C=O) groups excluding carboxylic acids is 2. The Labute approximate surface area is 248 Å². The van der Waals surface area contributed by atoms with Gasteiger partial charge in [0, 0.05) is 12.8 Å². The van der Waals surface area contributed by atoms with Gasteiger partial charge in [-0.1, -0.05) is 142 Å². The number of aliphatic hydroxyl groups excluding tert-OH is 1. The number of hydrogen-bond acceptors (Lipinski definition) is 5. The highest BCUT2D eigenvalue weighted by molar-refractivity contribution is 5.70. The minimum Gasteiger partial charge on any atom is -0.462 e. The molecular weight excluding hydrogens is 500 g/mol. The fourth-order valence-electron chi connectivity index (χ4n) is 4.90. The second-order valence-electron chi connectivity index (χ2n) is 11.6. The first-order valence-electron chi connectivity index (χ1n) is 17.2. The molecule has 40 heavy (non-hydrogen) atoms. The van der Waals surface area contributed by atoms with Gasteiger partial charge in [0.1, 0.15) is 6.61 Å². The predicted octanol–water partition coefficient (Wildman–Crippen LogP) is 10.2. The standard InChI is InChI=1S/C35H66O5/c1-3-5-7-9-11-13-15-16-17-18-20-21-23-25-27-29-34(37)39-32-33(31-36)40-35(38)30-28-26-24-22-19-14-12-10-8-6-4-2/h13,15,33,36H,3-12,14,16-32H2,1-2H3/b15-13+/t33-/m0/s1. The van der Waals surface area contributed by atoms with Crippen molar-refractivity contribution in [3.05, 3.63) is 12.2 Å². The van der Waals surface area contributed by atoms with Gasteiger partial charge in [-0.05, 0) is 38.5 Å². The molecule has 0 fully saturated rings. The fraction of sp³-hybridized carbons (Fsp3) is 0.886. The van der Waals surface area contributed by atoms with E-state index in [0.29, 0.717) is 12.8 Å². The minimum absolute atomic E-state index is 0.0630. The Morgan fingerprint density at radius 3 is 1.38 bits per heavy atom. The average Bonchev–Trinajstić information content (AvgIpc) is 2.96. The zero-order valence-electron chi connectivity index (χ0n) is 26.6. The molecule has 0 amide bonds. The lowest BCUT2D eigenvalue weighted by Crippen LogP contribution is -2.28. The topological polar surface area (TPSA) is 72.8 Å². The van der Waals surface area contributed by atoms with Gasteiger partial charge >= 0.3 is 11.9 Å². The molecule has 0 rings (SSSR count). The molecule has 0 heterocycles. The number of rotatable bonds is 31. The van der Waals surface area contributed by atoms with Crippen LogP contribution in [0.15, 0.2) is 12.2 Å². The van der Waals surface area contributed by atoms with Crippen LogP contribution in [0.25, 0.3) is 0 Å².